The van der Waals surface area contributed by atoms with Gasteiger partial charge in [0.25, 0.3) is 0 Å². The van der Waals surface area contributed by atoms with Gasteiger partial charge in [-0.2, -0.15) is 0 Å². The average molecular weight is 271 g/mol. The minimum absolute atomic E-state index is 0.122. The molecule has 0 heterocycles. The Hall–Kier alpha value is -1.81. The van der Waals surface area contributed by atoms with Gasteiger partial charge in [0, 0.05) is 6.07 Å². The summed E-state index contributed by atoms with van der Waals surface area (Å²) in [6.07, 6.45) is 0. The highest BCUT2D eigenvalue weighted by molar-refractivity contribution is 6.35. The molecule has 0 atom stereocenters. The molecule has 2 aromatic rings. The lowest BCUT2D eigenvalue weighted by atomic mass is 10.0. The average Bonchev–Trinajstić information content (AvgIpc) is 2.28. The summed E-state index contributed by atoms with van der Waals surface area (Å²) in [4.78, 5) is 11.9. The summed E-state index contributed by atoms with van der Waals surface area (Å²) in [5.41, 5.74) is -0.854. The molecule has 0 N–H and O–H groups in total. The SMILES string of the molecule is O=C(c1ccc(F)cc1F)c1c(F)cccc1Cl. The second-order valence-corrected chi connectivity index (χ2v) is 3.96. The van der Waals surface area contributed by atoms with Gasteiger partial charge in [0.05, 0.1) is 16.1 Å². The van der Waals surface area contributed by atoms with Crippen LogP contribution in [-0.4, -0.2) is 5.78 Å². The van der Waals surface area contributed by atoms with Gasteiger partial charge < -0.3 is 0 Å². The molecule has 0 aliphatic rings. The van der Waals surface area contributed by atoms with E-state index in [4.69, 9.17) is 11.6 Å². The Morgan fingerprint density at radius 3 is 2.33 bits per heavy atom. The van der Waals surface area contributed by atoms with Crippen molar-refractivity contribution in [1.29, 1.82) is 0 Å². The number of hydrogen-bond donors (Lipinski definition) is 0. The van der Waals surface area contributed by atoms with Crippen molar-refractivity contribution in [3.8, 4) is 0 Å². The van der Waals surface area contributed by atoms with Gasteiger partial charge >= 0.3 is 0 Å². The molecule has 0 unspecified atom stereocenters. The van der Waals surface area contributed by atoms with Gasteiger partial charge in [-0.25, -0.2) is 13.2 Å². The standard InChI is InChI=1S/C13H6ClF3O/c14-9-2-1-3-10(16)12(9)13(18)8-5-4-7(15)6-11(8)17/h1-6H. The lowest BCUT2D eigenvalue weighted by Crippen LogP contribution is -2.08. The smallest absolute Gasteiger partial charge is 0.200 e. The Balaban J connectivity index is 2.55. The van der Waals surface area contributed by atoms with Crippen LogP contribution in [0, 0.1) is 17.5 Å². The van der Waals surface area contributed by atoms with Crippen LogP contribution < -0.4 is 0 Å². The van der Waals surface area contributed by atoms with Gasteiger partial charge in [0.1, 0.15) is 17.5 Å². The van der Waals surface area contributed by atoms with Gasteiger partial charge in [-0.15, -0.1) is 0 Å². The van der Waals surface area contributed by atoms with Crippen molar-refractivity contribution in [2.24, 2.45) is 0 Å². The van der Waals surface area contributed by atoms with Gasteiger partial charge in [0.15, 0.2) is 5.78 Å². The van der Waals surface area contributed by atoms with E-state index < -0.39 is 34.4 Å². The molecular formula is C13H6ClF3O. The number of carbonyl (C=O) groups is 1. The highest BCUT2D eigenvalue weighted by Crippen LogP contribution is 2.23. The molecular weight excluding hydrogens is 265 g/mol. The molecule has 5 heteroatoms. The third-order valence-electron chi connectivity index (χ3n) is 2.37. The molecule has 0 bridgehead atoms. The Bertz CT molecular complexity index is 605. The number of hydrogen-bond acceptors (Lipinski definition) is 1. The van der Waals surface area contributed by atoms with Crippen LogP contribution in [0.5, 0.6) is 0 Å². The second kappa shape index (κ2) is 4.82. The first kappa shape index (κ1) is 12.6. The Morgan fingerprint density at radius 2 is 1.72 bits per heavy atom. The van der Waals surface area contributed by atoms with E-state index >= 15 is 0 Å². The number of carbonyl (C=O) groups excluding carboxylic acids is 1. The molecule has 0 spiro atoms. The molecule has 0 fully saturated rings. The predicted octanol–water partition coefficient (Wildman–Crippen LogP) is 3.99. The van der Waals surface area contributed by atoms with Crippen LogP contribution in [0.4, 0.5) is 13.2 Å². The third-order valence-corrected chi connectivity index (χ3v) is 2.68. The van der Waals surface area contributed by atoms with Crippen molar-refractivity contribution in [2.45, 2.75) is 0 Å². The lowest BCUT2D eigenvalue weighted by Gasteiger charge is -2.06. The van der Waals surface area contributed by atoms with E-state index in [0.717, 1.165) is 18.2 Å². The second-order valence-electron chi connectivity index (χ2n) is 3.55. The van der Waals surface area contributed by atoms with Crippen molar-refractivity contribution in [3.05, 3.63) is 70.0 Å². The van der Waals surface area contributed by atoms with Crippen LogP contribution in [-0.2, 0) is 0 Å². The fourth-order valence-electron chi connectivity index (χ4n) is 1.52. The minimum atomic E-state index is -1.06. The molecule has 0 radical (unpaired) electrons. The zero-order valence-corrected chi connectivity index (χ0v) is 9.64. The summed E-state index contributed by atoms with van der Waals surface area (Å²) in [6.45, 7) is 0. The van der Waals surface area contributed by atoms with Crippen molar-refractivity contribution in [3.63, 3.8) is 0 Å². The first-order valence-electron chi connectivity index (χ1n) is 4.94. The number of rotatable bonds is 2. The maximum absolute atomic E-state index is 13.5. The van der Waals surface area contributed by atoms with Gasteiger partial charge in [-0.05, 0) is 24.3 Å². The molecule has 0 aliphatic heterocycles. The largest absolute Gasteiger partial charge is 0.288 e. The van der Waals surface area contributed by atoms with Gasteiger partial charge in [-0.3, -0.25) is 4.79 Å². The zero-order chi connectivity index (χ0) is 13.3. The summed E-state index contributed by atoms with van der Waals surface area (Å²) in [7, 11) is 0. The first-order chi connectivity index (χ1) is 8.50. The highest BCUT2D eigenvalue weighted by Gasteiger charge is 2.20. The highest BCUT2D eigenvalue weighted by atomic mass is 35.5. The van der Waals surface area contributed by atoms with Crippen LogP contribution in [0.25, 0.3) is 0 Å². The molecule has 18 heavy (non-hydrogen) atoms. The van der Waals surface area contributed by atoms with E-state index in [1.54, 1.807) is 0 Å². The van der Waals surface area contributed by atoms with Crippen LogP contribution in [0.15, 0.2) is 36.4 Å². The summed E-state index contributed by atoms with van der Waals surface area (Å²) in [5.74, 6) is -3.64. The van der Waals surface area contributed by atoms with E-state index in [-0.39, 0.29) is 5.02 Å². The minimum Gasteiger partial charge on any atom is -0.288 e. The molecule has 1 nitrogen and oxygen atoms in total. The molecule has 2 rings (SSSR count). The third kappa shape index (κ3) is 2.24. The summed E-state index contributed by atoms with van der Waals surface area (Å²) < 4.78 is 39.6. The molecule has 0 aliphatic carbocycles. The Morgan fingerprint density at radius 1 is 1.00 bits per heavy atom. The number of ketones is 1. The van der Waals surface area contributed by atoms with E-state index in [1.807, 2.05) is 0 Å². The van der Waals surface area contributed by atoms with E-state index in [1.165, 1.54) is 12.1 Å². The van der Waals surface area contributed by atoms with Crippen molar-refractivity contribution < 1.29 is 18.0 Å². The van der Waals surface area contributed by atoms with Crippen molar-refractivity contribution >= 4 is 17.4 Å². The van der Waals surface area contributed by atoms with E-state index in [9.17, 15) is 18.0 Å². The molecule has 0 saturated heterocycles. The monoisotopic (exact) mass is 270 g/mol. The first-order valence-corrected chi connectivity index (χ1v) is 5.32. The number of benzene rings is 2. The quantitative estimate of drug-likeness (QED) is 0.754. The molecule has 0 aromatic heterocycles. The van der Waals surface area contributed by atoms with Crippen LogP contribution >= 0.6 is 11.6 Å². The summed E-state index contributed by atoms with van der Waals surface area (Å²) in [5, 5.41) is -0.122. The van der Waals surface area contributed by atoms with Crippen molar-refractivity contribution in [2.75, 3.05) is 0 Å². The van der Waals surface area contributed by atoms with Crippen molar-refractivity contribution in [1.82, 2.24) is 0 Å². The maximum atomic E-state index is 13.5. The van der Waals surface area contributed by atoms with Crippen LogP contribution in [0.1, 0.15) is 15.9 Å². The topological polar surface area (TPSA) is 17.1 Å². The summed E-state index contributed by atoms with van der Waals surface area (Å²) >= 11 is 5.70. The molecule has 92 valence electrons. The fraction of sp³-hybridized carbons (Fsp3) is 0. The summed E-state index contributed by atoms with van der Waals surface area (Å²) in [6, 6.07) is 6.12. The van der Waals surface area contributed by atoms with Gasteiger partial charge in [-0.1, -0.05) is 17.7 Å². The van der Waals surface area contributed by atoms with Gasteiger partial charge in [0.2, 0.25) is 0 Å². The normalized spacial score (nSPS) is 10.4. The fourth-order valence-corrected chi connectivity index (χ4v) is 1.77. The van der Waals surface area contributed by atoms with E-state index in [2.05, 4.69) is 0 Å². The Labute approximate surface area is 106 Å². The number of halogens is 4. The molecule has 0 amide bonds. The predicted molar refractivity (Wildman–Crippen MR) is 61.2 cm³/mol. The lowest BCUT2D eigenvalue weighted by molar-refractivity contribution is 0.103. The molecule has 0 saturated carbocycles. The van der Waals surface area contributed by atoms with Crippen LogP contribution in [0.2, 0.25) is 5.02 Å². The van der Waals surface area contributed by atoms with Crippen LogP contribution in [0.3, 0.4) is 0 Å². The van der Waals surface area contributed by atoms with E-state index in [0.29, 0.717) is 6.07 Å². The molecule has 2 aromatic carbocycles. The Kier molecular flexibility index (Phi) is 3.39. The zero-order valence-electron chi connectivity index (χ0n) is 8.88. The maximum Gasteiger partial charge on any atom is 0.200 e.